The Morgan fingerprint density at radius 2 is 2.07 bits per heavy atom. The Bertz CT molecular complexity index is 957. The fourth-order valence-corrected chi connectivity index (χ4v) is 4.84. The standard InChI is InChI=1S/C24H27NO2/c1-14-10-18(16-6-7-16)13-20-21(14)19(22(25-20)24(2)8-9-24)12-15-4-3-5-17(11-15)23(26)27/h3-5,11,13-14,16,25H,6-10,12H2,1-2H3,(H,26,27). The maximum absolute atomic E-state index is 11.4. The molecule has 3 aliphatic carbocycles. The molecule has 2 saturated carbocycles. The number of allylic oxidation sites excluding steroid dienone is 1. The number of aromatic amines is 1. The molecule has 0 bridgehead atoms. The van der Waals surface area contributed by atoms with Gasteiger partial charge in [0.1, 0.15) is 0 Å². The van der Waals surface area contributed by atoms with Crippen molar-refractivity contribution in [3.05, 3.63) is 63.5 Å². The third-order valence-corrected chi connectivity index (χ3v) is 6.80. The van der Waals surface area contributed by atoms with Crippen LogP contribution in [0.5, 0.6) is 0 Å². The number of hydrogen-bond donors (Lipinski definition) is 2. The second kappa shape index (κ2) is 5.85. The zero-order chi connectivity index (χ0) is 18.8. The molecule has 0 spiro atoms. The molecule has 0 amide bonds. The number of benzene rings is 1. The van der Waals surface area contributed by atoms with Gasteiger partial charge in [-0.25, -0.2) is 4.79 Å². The van der Waals surface area contributed by atoms with E-state index in [1.807, 2.05) is 12.1 Å². The van der Waals surface area contributed by atoms with Crippen LogP contribution in [0.25, 0.3) is 6.08 Å². The van der Waals surface area contributed by atoms with Gasteiger partial charge in [-0.3, -0.25) is 0 Å². The van der Waals surface area contributed by atoms with Gasteiger partial charge >= 0.3 is 5.97 Å². The van der Waals surface area contributed by atoms with Gasteiger partial charge in [0.2, 0.25) is 0 Å². The summed E-state index contributed by atoms with van der Waals surface area (Å²) < 4.78 is 0. The summed E-state index contributed by atoms with van der Waals surface area (Å²) in [5.41, 5.74) is 8.98. The average molecular weight is 361 g/mol. The monoisotopic (exact) mass is 361 g/mol. The summed E-state index contributed by atoms with van der Waals surface area (Å²) in [7, 11) is 0. The van der Waals surface area contributed by atoms with Crippen LogP contribution in [0.15, 0.2) is 29.8 Å². The quantitative estimate of drug-likeness (QED) is 0.722. The van der Waals surface area contributed by atoms with Gasteiger partial charge in [0.25, 0.3) is 0 Å². The number of hydrogen-bond acceptors (Lipinski definition) is 1. The first-order valence-corrected chi connectivity index (χ1v) is 10.2. The Kier molecular flexibility index (Phi) is 3.65. The molecule has 1 atom stereocenters. The van der Waals surface area contributed by atoms with Crippen LogP contribution in [0.3, 0.4) is 0 Å². The second-order valence-electron chi connectivity index (χ2n) is 9.15. The molecule has 0 aliphatic heterocycles. The van der Waals surface area contributed by atoms with Crippen LogP contribution >= 0.6 is 0 Å². The molecular weight excluding hydrogens is 334 g/mol. The fourth-order valence-electron chi connectivity index (χ4n) is 4.84. The number of rotatable bonds is 5. The van der Waals surface area contributed by atoms with Crippen molar-refractivity contribution in [3.8, 4) is 0 Å². The highest BCUT2D eigenvalue weighted by atomic mass is 16.4. The zero-order valence-corrected chi connectivity index (χ0v) is 16.1. The van der Waals surface area contributed by atoms with Crippen molar-refractivity contribution in [2.45, 2.75) is 63.7 Å². The lowest BCUT2D eigenvalue weighted by molar-refractivity contribution is 0.0696. The van der Waals surface area contributed by atoms with Crippen molar-refractivity contribution in [2.24, 2.45) is 5.92 Å². The van der Waals surface area contributed by atoms with E-state index in [4.69, 9.17) is 0 Å². The Labute approximate surface area is 160 Å². The molecule has 140 valence electrons. The molecule has 0 saturated heterocycles. The van der Waals surface area contributed by atoms with Gasteiger partial charge < -0.3 is 10.1 Å². The summed E-state index contributed by atoms with van der Waals surface area (Å²) >= 11 is 0. The molecule has 5 rings (SSSR count). The Morgan fingerprint density at radius 1 is 1.30 bits per heavy atom. The highest BCUT2D eigenvalue weighted by Gasteiger charge is 2.44. The second-order valence-corrected chi connectivity index (χ2v) is 9.15. The van der Waals surface area contributed by atoms with E-state index in [2.05, 4.69) is 31.0 Å². The van der Waals surface area contributed by atoms with Crippen LogP contribution in [-0.2, 0) is 11.8 Å². The highest BCUT2D eigenvalue weighted by Crippen LogP contribution is 2.53. The van der Waals surface area contributed by atoms with Crippen LogP contribution in [0, 0.1) is 5.92 Å². The largest absolute Gasteiger partial charge is 0.478 e. The number of carbonyl (C=O) groups is 1. The lowest BCUT2D eigenvalue weighted by atomic mass is 9.81. The molecule has 3 aliphatic rings. The van der Waals surface area contributed by atoms with Gasteiger partial charge in [-0.2, -0.15) is 0 Å². The van der Waals surface area contributed by atoms with Gasteiger partial charge in [-0.1, -0.05) is 31.6 Å². The predicted molar refractivity (Wildman–Crippen MR) is 107 cm³/mol. The normalized spacial score (nSPS) is 22.9. The van der Waals surface area contributed by atoms with Crippen molar-refractivity contribution in [1.29, 1.82) is 0 Å². The average Bonchev–Trinajstić information content (AvgIpc) is 3.56. The van der Waals surface area contributed by atoms with Crippen molar-refractivity contribution in [1.82, 2.24) is 4.98 Å². The summed E-state index contributed by atoms with van der Waals surface area (Å²) in [5.74, 6) is 0.498. The molecule has 3 nitrogen and oxygen atoms in total. The summed E-state index contributed by atoms with van der Waals surface area (Å²) in [4.78, 5) is 15.2. The molecule has 1 aromatic heterocycles. The Morgan fingerprint density at radius 3 is 2.74 bits per heavy atom. The minimum absolute atomic E-state index is 0.268. The van der Waals surface area contributed by atoms with Gasteiger partial charge in [0, 0.05) is 16.8 Å². The highest BCUT2D eigenvalue weighted by molar-refractivity contribution is 5.87. The summed E-state index contributed by atoms with van der Waals surface area (Å²) in [6.07, 6.45) is 9.61. The minimum Gasteiger partial charge on any atom is -0.478 e. The van der Waals surface area contributed by atoms with E-state index in [-0.39, 0.29) is 5.41 Å². The van der Waals surface area contributed by atoms with Crippen LogP contribution in [-0.4, -0.2) is 16.1 Å². The van der Waals surface area contributed by atoms with Crippen LogP contribution in [0.2, 0.25) is 0 Å². The minimum atomic E-state index is -0.854. The number of fused-ring (bicyclic) bond motifs is 1. The molecule has 1 unspecified atom stereocenters. The number of aromatic nitrogens is 1. The Balaban J connectivity index is 1.59. The van der Waals surface area contributed by atoms with E-state index in [1.165, 1.54) is 54.6 Å². The lowest BCUT2D eigenvalue weighted by Crippen LogP contribution is -2.09. The summed E-state index contributed by atoms with van der Waals surface area (Å²) in [6, 6.07) is 7.43. The number of nitrogens with one attached hydrogen (secondary N) is 1. The predicted octanol–water partition coefficient (Wildman–Crippen LogP) is 5.66. The molecule has 2 aromatic rings. The first-order valence-electron chi connectivity index (χ1n) is 10.2. The molecule has 2 fully saturated rings. The van der Waals surface area contributed by atoms with Gasteiger partial charge in [0.15, 0.2) is 0 Å². The maximum Gasteiger partial charge on any atom is 0.335 e. The smallest absolute Gasteiger partial charge is 0.335 e. The van der Waals surface area contributed by atoms with Crippen molar-refractivity contribution >= 4 is 12.0 Å². The van der Waals surface area contributed by atoms with E-state index in [0.717, 1.165) is 17.9 Å². The molecular formula is C24H27NO2. The Hall–Kier alpha value is -2.29. The van der Waals surface area contributed by atoms with Crippen LogP contribution < -0.4 is 0 Å². The maximum atomic E-state index is 11.4. The summed E-state index contributed by atoms with van der Waals surface area (Å²) in [5, 5.41) is 9.34. The van der Waals surface area contributed by atoms with Gasteiger partial charge in [-0.05, 0) is 85.3 Å². The van der Waals surface area contributed by atoms with Crippen molar-refractivity contribution in [2.75, 3.05) is 0 Å². The molecule has 3 heteroatoms. The first-order chi connectivity index (χ1) is 12.9. The third kappa shape index (κ3) is 2.93. The van der Waals surface area contributed by atoms with Crippen LogP contribution in [0.4, 0.5) is 0 Å². The molecule has 2 N–H and O–H groups in total. The number of carboxylic acids is 1. The molecule has 27 heavy (non-hydrogen) atoms. The van der Waals surface area contributed by atoms with E-state index in [9.17, 15) is 9.90 Å². The number of H-pyrrole nitrogens is 1. The first kappa shape index (κ1) is 16.9. The van der Waals surface area contributed by atoms with Gasteiger partial charge in [0.05, 0.1) is 5.56 Å². The number of aromatic carboxylic acids is 1. The topological polar surface area (TPSA) is 53.1 Å². The van der Waals surface area contributed by atoms with Crippen molar-refractivity contribution < 1.29 is 9.90 Å². The fraction of sp³-hybridized carbons (Fsp3) is 0.458. The molecule has 0 radical (unpaired) electrons. The molecule has 1 aromatic carbocycles. The third-order valence-electron chi connectivity index (χ3n) is 6.80. The lowest BCUT2D eigenvalue weighted by Gasteiger charge is -2.22. The van der Waals surface area contributed by atoms with E-state index in [1.54, 1.807) is 11.6 Å². The van der Waals surface area contributed by atoms with E-state index >= 15 is 0 Å². The summed E-state index contributed by atoms with van der Waals surface area (Å²) in [6.45, 7) is 4.72. The SMILES string of the molecule is CC1CC(C2CC2)=Cc2[nH]c(C3(C)CC3)c(Cc3cccc(C(=O)O)c3)c21. The zero-order valence-electron chi connectivity index (χ0n) is 16.1. The van der Waals surface area contributed by atoms with Crippen molar-refractivity contribution in [3.63, 3.8) is 0 Å². The van der Waals surface area contributed by atoms with E-state index in [0.29, 0.717) is 11.5 Å². The van der Waals surface area contributed by atoms with E-state index < -0.39 is 5.97 Å². The van der Waals surface area contributed by atoms with Crippen LogP contribution in [0.1, 0.15) is 90.3 Å². The molecule has 1 heterocycles. The van der Waals surface area contributed by atoms with Gasteiger partial charge in [-0.15, -0.1) is 0 Å². The number of carboxylic acid groups (broad SMARTS) is 1.